The van der Waals surface area contributed by atoms with Crippen molar-refractivity contribution in [3.63, 3.8) is 0 Å². The van der Waals surface area contributed by atoms with Crippen LogP contribution < -0.4 is 5.32 Å². The van der Waals surface area contributed by atoms with Crippen LogP contribution in [0.15, 0.2) is 0 Å². The Balaban J connectivity index is 1.60. The van der Waals surface area contributed by atoms with Crippen molar-refractivity contribution < 1.29 is 5.11 Å². The first kappa shape index (κ1) is 12.3. The molecule has 3 nitrogen and oxygen atoms in total. The molecule has 0 aromatic heterocycles. The lowest BCUT2D eigenvalue weighted by atomic mass is 9.98. The molecule has 0 spiro atoms. The molecule has 3 atom stereocenters. The van der Waals surface area contributed by atoms with Gasteiger partial charge in [0.25, 0.3) is 0 Å². The lowest BCUT2D eigenvalue weighted by Crippen LogP contribution is -2.39. The summed E-state index contributed by atoms with van der Waals surface area (Å²) in [7, 11) is 2.22. The van der Waals surface area contributed by atoms with E-state index in [4.69, 9.17) is 0 Å². The number of likely N-dealkylation sites (tertiary alicyclic amines) is 1. The zero-order valence-corrected chi connectivity index (χ0v) is 10.5. The average molecular weight is 226 g/mol. The Bertz CT molecular complexity index is 210. The average Bonchev–Trinajstić information content (AvgIpc) is 2.65. The number of nitrogens with one attached hydrogen (secondary N) is 1. The van der Waals surface area contributed by atoms with Gasteiger partial charge in [-0.2, -0.15) is 0 Å². The molecule has 3 heteroatoms. The van der Waals surface area contributed by atoms with Crippen LogP contribution in [0.3, 0.4) is 0 Å². The minimum absolute atomic E-state index is 0.0403. The highest BCUT2D eigenvalue weighted by Crippen LogP contribution is 2.24. The molecule has 3 unspecified atom stereocenters. The number of piperidine rings is 1. The van der Waals surface area contributed by atoms with Gasteiger partial charge in [0.1, 0.15) is 0 Å². The molecule has 1 saturated heterocycles. The molecule has 2 aliphatic rings. The lowest BCUT2D eigenvalue weighted by Gasteiger charge is -2.30. The fourth-order valence-corrected chi connectivity index (χ4v) is 3.17. The summed E-state index contributed by atoms with van der Waals surface area (Å²) in [6.45, 7) is 4.65. The van der Waals surface area contributed by atoms with Crippen molar-refractivity contribution in [1.29, 1.82) is 0 Å². The van der Waals surface area contributed by atoms with E-state index in [0.29, 0.717) is 5.92 Å². The van der Waals surface area contributed by atoms with E-state index in [0.717, 1.165) is 25.4 Å². The summed E-state index contributed by atoms with van der Waals surface area (Å²) < 4.78 is 0. The highest BCUT2D eigenvalue weighted by molar-refractivity contribution is 4.79. The van der Waals surface area contributed by atoms with Crippen LogP contribution in [0.4, 0.5) is 0 Å². The zero-order chi connectivity index (χ0) is 11.4. The fraction of sp³-hybridized carbons (Fsp3) is 1.00. The summed E-state index contributed by atoms with van der Waals surface area (Å²) in [5.41, 5.74) is 0. The maximum atomic E-state index is 9.72. The molecule has 1 aliphatic carbocycles. The summed E-state index contributed by atoms with van der Waals surface area (Å²) in [6, 6.07) is 0. The van der Waals surface area contributed by atoms with Gasteiger partial charge in [0.2, 0.25) is 0 Å². The van der Waals surface area contributed by atoms with Crippen molar-refractivity contribution >= 4 is 0 Å². The molecule has 0 radical (unpaired) electrons. The van der Waals surface area contributed by atoms with E-state index < -0.39 is 0 Å². The molecule has 2 rings (SSSR count). The predicted octanol–water partition coefficient (Wildman–Crippen LogP) is 1.08. The van der Waals surface area contributed by atoms with Gasteiger partial charge in [-0.15, -0.1) is 0 Å². The van der Waals surface area contributed by atoms with Crippen molar-refractivity contribution in [2.75, 3.05) is 33.2 Å². The molecule has 0 amide bonds. The van der Waals surface area contributed by atoms with Gasteiger partial charge < -0.3 is 15.3 Å². The molecule has 1 aliphatic heterocycles. The van der Waals surface area contributed by atoms with Crippen LogP contribution in [0.25, 0.3) is 0 Å². The summed E-state index contributed by atoms with van der Waals surface area (Å²) in [6.07, 6.45) is 6.10. The van der Waals surface area contributed by atoms with Gasteiger partial charge in [0, 0.05) is 13.1 Å². The van der Waals surface area contributed by atoms with Crippen LogP contribution in [-0.2, 0) is 0 Å². The molecule has 0 aromatic carbocycles. The fourth-order valence-electron chi connectivity index (χ4n) is 3.17. The number of aliphatic hydroxyl groups is 1. The SMILES string of the molecule is CN1CCCC(CNCC2CCCC2O)C1. The molecular formula is C13H26N2O. The number of rotatable bonds is 4. The van der Waals surface area contributed by atoms with Gasteiger partial charge in [0.15, 0.2) is 0 Å². The smallest absolute Gasteiger partial charge is 0.0580 e. The highest BCUT2D eigenvalue weighted by Gasteiger charge is 2.25. The zero-order valence-electron chi connectivity index (χ0n) is 10.5. The van der Waals surface area contributed by atoms with Crippen LogP contribution in [0.5, 0.6) is 0 Å². The van der Waals surface area contributed by atoms with Crippen molar-refractivity contribution in [3.8, 4) is 0 Å². The standard InChI is InChI=1S/C13H26N2O/c1-15-7-3-4-11(10-15)8-14-9-12-5-2-6-13(12)16/h11-14,16H,2-10H2,1H3. The monoisotopic (exact) mass is 226 g/mol. The minimum Gasteiger partial charge on any atom is -0.393 e. The number of hydrogen-bond acceptors (Lipinski definition) is 3. The Morgan fingerprint density at radius 1 is 1.19 bits per heavy atom. The van der Waals surface area contributed by atoms with Crippen LogP contribution in [0.1, 0.15) is 32.1 Å². The van der Waals surface area contributed by atoms with Crippen LogP contribution >= 0.6 is 0 Å². The predicted molar refractivity (Wildman–Crippen MR) is 66.4 cm³/mol. The van der Waals surface area contributed by atoms with Gasteiger partial charge in [0.05, 0.1) is 6.10 Å². The van der Waals surface area contributed by atoms with E-state index >= 15 is 0 Å². The molecule has 0 bridgehead atoms. The van der Waals surface area contributed by atoms with Gasteiger partial charge in [-0.05, 0) is 57.7 Å². The van der Waals surface area contributed by atoms with E-state index in [2.05, 4.69) is 17.3 Å². The van der Waals surface area contributed by atoms with Crippen LogP contribution in [-0.4, -0.2) is 49.3 Å². The minimum atomic E-state index is -0.0403. The van der Waals surface area contributed by atoms with Crippen molar-refractivity contribution in [3.05, 3.63) is 0 Å². The third-order valence-electron chi connectivity index (χ3n) is 4.18. The maximum absolute atomic E-state index is 9.72. The van der Waals surface area contributed by atoms with Gasteiger partial charge in [-0.3, -0.25) is 0 Å². The first-order valence-electron chi connectivity index (χ1n) is 6.83. The maximum Gasteiger partial charge on any atom is 0.0580 e. The second-order valence-corrected chi connectivity index (χ2v) is 5.69. The molecule has 2 fully saturated rings. The molecule has 94 valence electrons. The summed E-state index contributed by atoms with van der Waals surface area (Å²) >= 11 is 0. The second kappa shape index (κ2) is 5.99. The molecule has 0 aromatic rings. The number of aliphatic hydroxyl groups excluding tert-OH is 1. The Kier molecular flexibility index (Phi) is 4.62. The highest BCUT2D eigenvalue weighted by atomic mass is 16.3. The molecule has 2 N–H and O–H groups in total. The summed E-state index contributed by atoms with van der Waals surface area (Å²) in [5.74, 6) is 1.33. The molecule has 16 heavy (non-hydrogen) atoms. The normalized spacial score (nSPS) is 36.8. The van der Waals surface area contributed by atoms with Gasteiger partial charge in [-0.25, -0.2) is 0 Å². The Hall–Kier alpha value is -0.120. The van der Waals surface area contributed by atoms with Gasteiger partial charge >= 0.3 is 0 Å². The third kappa shape index (κ3) is 3.44. The van der Waals surface area contributed by atoms with E-state index in [1.54, 1.807) is 0 Å². The number of hydrogen-bond donors (Lipinski definition) is 2. The van der Waals surface area contributed by atoms with Crippen LogP contribution in [0.2, 0.25) is 0 Å². The van der Waals surface area contributed by atoms with E-state index in [1.807, 2.05) is 0 Å². The van der Waals surface area contributed by atoms with E-state index in [1.165, 1.54) is 38.8 Å². The first-order chi connectivity index (χ1) is 7.75. The van der Waals surface area contributed by atoms with E-state index in [9.17, 15) is 5.11 Å². The Labute approximate surface area is 99.2 Å². The van der Waals surface area contributed by atoms with Crippen molar-refractivity contribution in [2.24, 2.45) is 11.8 Å². The molecule has 1 saturated carbocycles. The second-order valence-electron chi connectivity index (χ2n) is 5.69. The third-order valence-corrected chi connectivity index (χ3v) is 4.18. The lowest BCUT2D eigenvalue weighted by molar-refractivity contribution is 0.129. The Morgan fingerprint density at radius 3 is 2.75 bits per heavy atom. The molecular weight excluding hydrogens is 200 g/mol. The quantitative estimate of drug-likeness (QED) is 0.753. The molecule has 1 heterocycles. The summed E-state index contributed by atoms with van der Waals surface area (Å²) in [5, 5.41) is 13.3. The first-order valence-corrected chi connectivity index (χ1v) is 6.83. The Morgan fingerprint density at radius 2 is 2.06 bits per heavy atom. The van der Waals surface area contributed by atoms with Crippen LogP contribution in [0, 0.1) is 11.8 Å². The van der Waals surface area contributed by atoms with Gasteiger partial charge in [-0.1, -0.05) is 6.42 Å². The topological polar surface area (TPSA) is 35.5 Å². The van der Waals surface area contributed by atoms with Crippen molar-refractivity contribution in [2.45, 2.75) is 38.2 Å². The van der Waals surface area contributed by atoms with E-state index in [-0.39, 0.29) is 6.10 Å². The van der Waals surface area contributed by atoms with Crippen molar-refractivity contribution in [1.82, 2.24) is 10.2 Å². The number of nitrogens with zero attached hydrogens (tertiary/aromatic N) is 1. The summed E-state index contributed by atoms with van der Waals surface area (Å²) in [4.78, 5) is 2.43. The largest absolute Gasteiger partial charge is 0.393 e.